The summed E-state index contributed by atoms with van der Waals surface area (Å²) in [5, 5.41) is 7.27. The van der Waals surface area contributed by atoms with E-state index < -0.39 is 0 Å². The smallest absolute Gasteiger partial charge is 0.271 e. The molecule has 1 saturated heterocycles. The van der Waals surface area contributed by atoms with E-state index in [2.05, 4.69) is 20.3 Å². The van der Waals surface area contributed by atoms with E-state index >= 15 is 0 Å². The van der Waals surface area contributed by atoms with Gasteiger partial charge in [-0.15, -0.1) is 0 Å². The molecule has 0 aliphatic carbocycles. The molecule has 0 bridgehead atoms. The summed E-state index contributed by atoms with van der Waals surface area (Å²) in [5.74, 6) is -0.204. The van der Waals surface area contributed by atoms with Crippen molar-refractivity contribution in [3.63, 3.8) is 0 Å². The molecule has 1 amide bonds. The Morgan fingerprint density at radius 1 is 1.38 bits per heavy atom. The zero-order valence-corrected chi connectivity index (χ0v) is 12.2. The molecule has 1 aliphatic rings. The van der Waals surface area contributed by atoms with Crippen LogP contribution >= 0.6 is 11.6 Å². The Labute approximate surface area is 126 Å². The van der Waals surface area contributed by atoms with E-state index in [4.69, 9.17) is 16.3 Å². The average Bonchev–Trinajstić information content (AvgIpc) is 2.91. The molecule has 0 spiro atoms. The number of fused-ring (bicyclic) bond motifs is 1. The first kappa shape index (κ1) is 14.2. The summed E-state index contributed by atoms with van der Waals surface area (Å²) in [6.07, 6.45) is 1.57. The second-order valence-electron chi connectivity index (χ2n) is 4.79. The molecule has 1 fully saturated rings. The quantitative estimate of drug-likeness (QED) is 0.887. The van der Waals surface area contributed by atoms with Gasteiger partial charge in [-0.25, -0.2) is 9.50 Å². The molecule has 2 aromatic rings. The molecule has 2 aromatic heterocycles. The number of amides is 1. The second-order valence-corrected chi connectivity index (χ2v) is 5.18. The molecule has 0 radical (unpaired) electrons. The minimum atomic E-state index is -0.204. The highest BCUT2D eigenvalue weighted by atomic mass is 35.5. The van der Waals surface area contributed by atoms with Crippen molar-refractivity contribution in [3.8, 4) is 0 Å². The SMILES string of the molecule is O=C(NCCN1CCOCC1)c1cn2nc(Cl)ccc2n1. The lowest BCUT2D eigenvalue weighted by Crippen LogP contribution is -2.41. The fourth-order valence-corrected chi connectivity index (χ4v) is 2.36. The molecule has 1 N–H and O–H groups in total. The first-order valence-electron chi connectivity index (χ1n) is 6.82. The normalized spacial score (nSPS) is 16.2. The van der Waals surface area contributed by atoms with Crippen LogP contribution in [0.4, 0.5) is 0 Å². The fourth-order valence-electron chi connectivity index (χ4n) is 2.21. The topological polar surface area (TPSA) is 71.8 Å². The number of hydrogen-bond donors (Lipinski definition) is 1. The largest absolute Gasteiger partial charge is 0.379 e. The third-order valence-electron chi connectivity index (χ3n) is 3.34. The summed E-state index contributed by atoms with van der Waals surface area (Å²) in [4.78, 5) is 18.5. The molecule has 7 nitrogen and oxygen atoms in total. The van der Waals surface area contributed by atoms with Crippen molar-refractivity contribution in [2.45, 2.75) is 0 Å². The van der Waals surface area contributed by atoms with Gasteiger partial charge >= 0.3 is 0 Å². The lowest BCUT2D eigenvalue weighted by atomic mass is 10.4. The highest BCUT2D eigenvalue weighted by Gasteiger charge is 2.13. The van der Waals surface area contributed by atoms with Gasteiger partial charge in [0, 0.05) is 26.2 Å². The van der Waals surface area contributed by atoms with Crippen LogP contribution in [-0.4, -0.2) is 64.8 Å². The Morgan fingerprint density at radius 3 is 3.00 bits per heavy atom. The molecule has 112 valence electrons. The minimum Gasteiger partial charge on any atom is -0.379 e. The fraction of sp³-hybridized carbons (Fsp3) is 0.462. The van der Waals surface area contributed by atoms with Crippen LogP contribution in [0.15, 0.2) is 18.3 Å². The van der Waals surface area contributed by atoms with Crippen LogP contribution in [0.25, 0.3) is 5.65 Å². The third-order valence-corrected chi connectivity index (χ3v) is 3.54. The van der Waals surface area contributed by atoms with Crippen molar-refractivity contribution >= 4 is 23.2 Å². The number of halogens is 1. The van der Waals surface area contributed by atoms with Crippen molar-refractivity contribution in [1.82, 2.24) is 24.8 Å². The predicted octanol–water partition coefficient (Wildman–Crippen LogP) is 0.445. The van der Waals surface area contributed by atoms with Crippen LogP contribution in [0.2, 0.25) is 5.15 Å². The molecule has 3 rings (SSSR count). The van der Waals surface area contributed by atoms with Gasteiger partial charge in [-0.2, -0.15) is 5.10 Å². The summed E-state index contributed by atoms with van der Waals surface area (Å²) in [6, 6.07) is 3.36. The summed E-state index contributed by atoms with van der Waals surface area (Å²) in [5.41, 5.74) is 0.935. The monoisotopic (exact) mass is 309 g/mol. The van der Waals surface area contributed by atoms with E-state index in [0.717, 1.165) is 32.8 Å². The Kier molecular flexibility index (Phi) is 4.33. The van der Waals surface area contributed by atoms with Gasteiger partial charge in [0.1, 0.15) is 10.8 Å². The lowest BCUT2D eigenvalue weighted by Gasteiger charge is -2.26. The van der Waals surface area contributed by atoms with Crippen molar-refractivity contribution in [2.75, 3.05) is 39.4 Å². The van der Waals surface area contributed by atoms with E-state index in [1.54, 1.807) is 18.3 Å². The maximum absolute atomic E-state index is 12.0. The number of rotatable bonds is 4. The molecule has 0 atom stereocenters. The number of carbonyl (C=O) groups excluding carboxylic acids is 1. The minimum absolute atomic E-state index is 0.204. The van der Waals surface area contributed by atoms with Gasteiger partial charge in [-0.3, -0.25) is 9.69 Å². The summed E-state index contributed by atoms with van der Waals surface area (Å²) < 4.78 is 6.78. The van der Waals surface area contributed by atoms with Gasteiger partial charge in [0.2, 0.25) is 0 Å². The zero-order valence-electron chi connectivity index (χ0n) is 11.5. The van der Waals surface area contributed by atoms with Gasteiger partial charge in [-0.1, -0.05) is 11.6 Å². The predicted molar refractivity (Wildman–Crippen MR) is 77.6 cm³/mol. The molecule has 21 heavy (non-hydrogen) atoms. The van der Waals surface area contributed by atoms with Crippen molar-refractivity contribution in [1.29, 1.82) is 0 Å². The van der Waals surface area contributed by atoms with Crippen LogP contribution in [0.5, 0.6) is 0 Å². The van der Waals surface area contributed by atoms with Gasteiger partial charge in [-0.05, 0) is 12.1 Å². The highest BCUT2D eigenvalue weighted by molar-refractivity contribution is 6.29. The first-order valence-corrected chi connectivity index (χ1v) is 7.20. The Balaban J connectivity index is 1.56. The number of nitrogens with zero attached hydrogens (tertiary/aromatic N) is 4. The van der Waals surface area contributed by atoms with E-state index in [-0.39, 0.29) is 5.91 Å². The molecular weight excluding hydrogens is 294 g/mol. The number of morpholine rings is 1. The van der Waals surface area contributed by atoms with E-state index in [1.165, 1.54) is 4.52 Å². The van der Waals surface area contributed by atoms with Crippen LogP contribution in [0, 0.1) is 0 Å². The molecular formula is C13H16ClN5O2. The van der Waals surface area contributed by atoms with Crippen LogP contribution in [0.3, 0.4) is 0 Å². The first-order chi connectivity index (χ1) is 10.2. The average molecular weight is 310 g/mol. The van der Waals surface area contributed by atoms with Crippen LogP contribution in [-0.2, 0) is 4.74 Å². The van der Waals surface area contributed by atoms with Crippen molar-refractivity contribution in [2.24, 2.45) is 0 Å². The molecule has 0 aromatic carbocycles. The number of ether oxygens (including phenoxy) is 1. The summed E-state index contributed by atoms with van der Waals surface area (Å²) in [7, 11) is 0. The highest BCUT2D eigenvalue weighted by Crippen LogP contribution is 2.08. The molecule has 8 heteroatoms. The lowest BCUT2D eigenvalue weighted by molar-refractivity contribution is 0.0383. The standard InChI is InChI=1S/C13H16ClN5O2/c14-11-1-2-12-16-10(9-19(12)17-11)13(20)15-3-4-18-5-7-21-8-6-18/h1-2,9H,3-8H2,(H,15,20). The number of carbonyl (C=O) groups is 1. The van der Waals surface area contributed by atoms with E-state index in [0.29, 0.717) is 23.0 Å². The molecule has 1 aliphatic heterocycles. The zero-order chi connectivity index (χ0) is 14.7. The number of nitrogens with one attached hydrogen (secondary N) is 1. The van der Waals surface area contributed by atoms with Gasteiger partial charge in [0.15, 0.2) is 5.65 Å². The number of hydrogen-bond acceptors (Lipinski definition) is 5. The maximum Gasteiger partial charge on any atom is 0.271 e. The Bertz CT molecular complexity index is 639. The molecule has 0 saturated carbocycles. The van der Waals surface area contributed by atoms with Crippen molar-refractivity contribution < 1.29 is 9.53 Å². The van der Waals surface area contributed by atoms with Crippen molar-refractivity contribution in [3.05, 3.63) is 29.2 Å². The van der Waals surface area contributed by atoms with E-state index in [9.17, 15) is 4.79 Å². The summed E-state index contributed by atoms with van der Waals surface area (Å²) in [6.45, 7) is 4.73. The van der Waals surface area contributed by atoms with Gasteiger partial charge in [0.05, 0.1) is 19.4 Å². The van der Waals surface area contributed by atoms with Gasteiger partial charge < -0.3 is 10.1 Å². The van der Waals surface area contributed by atoms with Crippen LogP contribution < -0.4 is 5.32 Å². The molecule has 0 unspecified atom stereocenters. The maximum atomic E-state index is 12.0. The number of aromatic nitrogens is 3. The van der Waals surface area contributed by atoms with Gasteiger partial charge in [0.25, 0.3) is 5.91 Å². The summed E-state index contributed by atoms with van der Waals surface area (Å²) >= 11 is 5.80. The van der Waals surface area contributed by atoms with E-state index in [1.807, 2.05) is 0 Å². The molecule has 3 heterocycles. The van der Waals surface area contributed by atoms with Crippen LogP contribution in [0.1, 0.15) is 10.5 Å². The number of imidazole rings is 1. The Hall–Kier alpha value is -1.70. The second kappa shape index (κ2) is 6.38. The Morgan fingerprint density at radius 2 is 2.19 bits per heavy atom. The third kappa shape index (κ3) is 3.49.